The van der Waals surface area contributed by atoms with Crippen LogP contribution in [0, 0.1) is 0 Å². The number of para-hydroxylation sites is 1. The van der Waals surface area contributed by atoms with Gasteiger partial charge in [0, 0.05) is 12.4 Å². The minimum atomic E-state index is -0.749. The molecule has 4 nitrogen and oxygen atoms in total. The van der Waals surface area contributed by atoms with Crippen molar-refractivity contribution >= 4 is 22.6 Å². The van der Waals surface area contributed by atoms with Gasteiger partial charge in [0.05, 0.1) is 12.8 Å². The molecule has 0 amide bonds. The van der Waals surface area contributed by atoms with Gasteiger partial charge in [0.2, 0.25) is 0 Å². The summed E-state index contributed by atoms with van der Waals surface area (Å²) in [7, 11) is 3.25. The number of fused-ring (bicyclic) bond motifs is 1. The van der Waals surface area contributed by atoms with E-state index in [1.54, 1.807) is 6.26 Å². The molecule has 4 heteroatoms. The van der Waals surface area contributed by atoms with E-state index < -0.39 is 5.54 Å². The molecule has 0 aliphatic heterocycles. The number of nitrogens with zero attached hydrogens (tertiary/aromatic N) is 1. The summed E-state index contributed by atoms with van der Waals surface area (Å²) in [6, 6.07) is 7.73. The number of carbonyl (C=O) groups is 1. The molecule has 18 heavy (non-hydrogen) atoms. The first-order chi connectivity index (χ1) is 8.48. The number of furan rings is 1. The Hall–Kier alpha value is -1.97. The molecule has 2 aromatic rings. The smallest absolute Gasteiger partial charge is 0.331 e. The molecule has 0 N–H and O–H groups in total. The van der Waals surface area contributed by atoms with E-state index in [4.69, 9.17) is 9.15 Å². The van der Waals surface area contributed by atoms with Crippen molar-refractivity contribution in [3.8, 4) is 0 Å². The molecule has 0 fully saturated rings. The maximum Gasteiger partial charge on any atom is 0.331 e. The molecule has 0 atom stereocenters. The third-order valence-electron chi connectivity index (χ3n) is 3.35. The van der Waals surface area contributed by atoms with Crippen molar-refractivity contribution in [2.24, 2.45) is 0 Å². The summed E-state index contributed by atoms with van der Waals surface area (Å²) in [5.41, 5.74) is 0.933. The van der Waals surface area contributed by atoms with Gasteiger partial charge in [-0.15, -0.1) is 0 Å². The van der Waals surface area contributed by atoms with Crippen molar-refractivity contribution in [1.29, 1.82) is 0 Å². The molecule has 0 saturated carbocycles. The Morgan fingerprint density at radius 3 is 2.67 bits per heavy atom. The number of methoxy groups -OCH3 is 1. The summed E-state index contributed by atoms with van der Waals surface area (Å²) in [5, 5.41) is 0.983. The maximum absolute atomic E-state index is 11.8. The lowest BCUT2D eigenvalue weighted by atomic mass is 10.0. The van der Waals surface area contributed by atoms with E-state index in [9.17, 15) is 4.79 Å². The molecule has 0 aliphatic rings. The van der Waals surface area contributed by atoms with Gasteiger partial charge in [-0.3, -0.25) is 0 Å². The van der Waals surface area contributed by atoms with Crippen molar-refractivity contribution in [2.75, 3.05) is 19.1 Å². The summed E-state index contributed by atoms with van der Waals surface area (Å²) in [5.74, 6) is -0.282. The Morgan fingerprint density at radius 1 is 1.33 bits per heavy atom. The number of likely N-dealkylation sites (N-methyl/N-ethyl adjacent to an activating group) is 1. The average Bonchev–Trinajstić information content (AvgIpc) is 2.80. The van der Waals surface area contributed by atoms with Crippen LogP contribution < -0.4 is 4.90 Å². The van der Waals surface area contributed by atoms with Crippen LogP contribution >= 0.6 is 0 Å². The number of ether oxygens (including phenoxy) is 1. The largest absolute Gasteiger partial charge is 0.467 e. The highest BCUT2D eigenvalue weighted by Crippen LogP contribution is 2.32. The molecular formula is C14H17NO3. The zero-order valence-corrected chi connectivity index (χ0v) is 11.1. The fraction of sp³-hybridized carbons (Fsp3) is 0.357. The van der Waals surface area contributed by atoms with Gasteiger partial charge in [-0.1, -0.05) is 12.1 Å². The Labute approximate surface area is 106 Å². The second kappa shape index (κ2) is 4.37. The van der Waals surface area contributed by atoms with Gasteiger partial charge in [-0.25, -0.2) is 4.79 Å². The monoisotopic (exact) mass is 247 g/mol. The number of rotatable bonds is 3. The van der Waals surface area contributed by atoms with Crippen molar-refractivity contribution in [3.63, 3.8) is 0 Å². The molecule has 2 rings (SSSR count). The summed E-state index contributed by atoms with van der Waals surface area (Å²) in [6.07, 6.45) is 1.66. The third kappa shape index (κ3) is 1.83. The predicted molar refractivity (Wildman–Crippen MR) is 70.7 cm³/mol. The van der Waals surface area contributed by atoms with Gasteiger partial charge in [0.15, 0.2) is 0 Å². The maximum atomic E-state index is 11.8. The highest BCUT2D eigenvalue weighted by molar-refractivity contribution is 5.94. The topological polar surface area (TPSA) is 42.7 Å². The summed E-state index contributed by atoms with van der Waals surface area (Å²) in [6.45, 7) is 3.64. The molecule has 1 heterocycles. The zero-order chi connectivity index (χ0) is 13.3. The number of hydrogen-bond donors (Lipinski definition) is 0. The van der Waals surface area contributed by atoms with Crippen LogP contribution in [0.15, 0.2) is 34.9 Å². The highest BCUT2D eigenvalue weighted by Gasteiger charge is 2.34. The van der Waals surface area contributed by atoms with Crippen molar-refractivity contribution < 1.29 is 13.9 Å². The van der Waals surface area contributed by atoms with E-state index >= 15 is 0 Å². The number of hydrogen-bond acceptors (Lipinski definition) is 4. The average molecular weight is 247 g/mol. The molecule has 1 aromatic heterocycles. The predicted octanol–water partition coefficient (Wildman–Crippen LogP) is 2.82. The summed E-state index contributed by atoms with van der Waals surface area (Å²) in [4.78, 5) is 13.7. The number of esters is 1. The molecule has 96 valence electrons. The van der Waals surface area contributed by atoms with E-state index in [0.717, 1.165) is 16.7 Å². The minimum absolute atomic E-state index is 0.282. The quantitative estimate of drug-likeness (QED) is 0.782. The molecule has 0 spiro atoms. The molecular weight excluding hydrogens is 230 g/mol. The van der Waals surface area contributed by atoms with E-state index in [0.29, 0.717) is 0 Å². The fourth-order valence-electron chi connectivity index (χ4n) is 1.91. The van der Waals surface area contributed by atoms with Crippen LogP contribution in [0.1, 0.15) is 13.8 Å². The van der Waals surface area contributed by atoms with Gasteiger partial charge in [0.1, 0.15) is 17.4 Å². The highest BCUT2D eigenvalue weighted by atomic mass is 16.5. The zero-order valence-electron chi connectivity index (χ0n) is 11.1. The lowest BCUT2D eigenvalue weighted by molar-refractivity contribution is -0.145. The number of carbonyl (C=O) groups excluding carboxylic acids is 1. The second-order valence-corrected chi connectivity index (χ2v) is 4.73. The summed E-state index contributed by atoms with van der Waals surface area (Å²) >= 11 is 0. The van der Waals surface area contributed by atoms with E-state index in [-0.39, 0.29) is 5.97 Å². The molecule has 0 aliphatic carbocycles. The standard InChI is InChI=1S/C14H17NO3/c1-14(2,13(16)17-4)15(3)11-9-18-12-8-6-5-7-10(11)12/h5-9H,1-4H3. The second-order valence-electron chi connectivity index (χ2n) is 4.73. The van der Waals surface area contributed by atoms with Crippen molar-refractivity contribution in [3.05, 3.63) is 30.5 Å². The SMILES string of the molecule is COC(=O)C(C)(C)N(C)c1coc2ccccc12. The Morgan fingerprint density at radius 2 is 2.00 bits per heavy atom. The number of benzene rings is 1. The summed E-state index contributed by atoms with van der Waals surface area (Å²) < 4.78 is 10.3. The van der Waals surface area contributed by atoms with Crippen LogP contribution in [0.25, 0.3) is 11.0 Å². The Balaban J connectivity index is 2.45. The molecule has 1 aromatic carbocycles. The van der Waals surface area contributed by atoms with Gasteiger partial charge in [-0.2, -0.15) is 0 Å². The molecule has 0 saturated heterocycles. The first-order valence-corrected chi connectivity index (χ1v) is 5.77. The third-order valence-corrected chi connectivity index (χ3v) is 3.35. The van der Waals surface area contributed by atoms with Gasteiger partial charge >= 0.3 is 5.97 Å². The Kier molecular flexibility index (Phi) is 3.03. The van der Waals surface area contributed by atoms with E-state index in [2.05, 4.69) is 0 Å². The van der Waals surface area contributed by atoms with Crippen LogP contribution in [0.5, 0.6) is 0 Å². The van der Waals surface area contributed by atoms with E-state index in [1.807, 2.05) is 50.1 Å². The Bertz CT molecular complexity index is 571. The van der Waals surface area contributed by atoms with Gasteiger partial charge in [0.25, 0.3) is 0 Å². The van der Waals surface area contributed by atoms with Crippen LogP contribution in [0.2, 0.25) is 0 Å². The van der Waals surface area contributed by atoms with Crippen LogP contribution in [-0.4, -0.2) is 25.7 Å². The van der Waals surface area contributed by atoms with Crippen LogP contribution in [-0.2, 0) is 9.53 Å². The van der Waals surface area contributed by atoms with Gasteiger partial charge in [-0.05, 0) is 26.0 Å². The van der Waals surface area contributed by atoms with Crippen molar-refractivity contribution in [1.82, 2.24) is 0 Å². The molecule has 0 bridgehead atoms. The van der Waals surface area contributed by atoms with Crippen LogP contribution in [0.3, 0.4) is 0 Å². The minimum Gasteiger partial charge on any atom is -0.467 e. The van der Waals surface area contributed by atoms with Gasteiger partial charge < -0.3 is 14.1 Å². The first-order valence-electron chi connectivity index (χ1n) is 5.77. The first kappa shape index (κ1) is 12.5. The van der Waals surface area contributed by atoms with Crippen LogP contribution in [0.4, 0.5) is 5.69 Å². The fourth-order valence-corrected chi connectivity index (χ4v) is 1.91. The lowest BCUT2D eigenvalue weighted by Crippen LogP contribution is -2.48. The molecule has 0 radical (unpaired) electrons. The van der Waals surface area contributed by atoms with E-state index in [1.165, 1.54) is 7.11 Å². The molecule has 0 unspecified atom stereocenters. The number of anilines is 1. The van der Waals surface area contributed by atoms with Crippen molar-refractivity contribution in [2.45, 2.75) is 19.4 Å². The lowest BCUT2D eigenvalue weighted by Gasteiger charge is -2.33. The normalized spacial score (nSPS) is 11.6.